The molecule has 1 aliphatic rings. The Labute approximate surface area is 77.6 Å². The third kappa shape index (κ3) is 1.46. The molecule has 0 bridgehead atoms. The first-order valence-electron chi connectivity index (χ1n) is 4.88. The number of hydrogen-bond donors (Lipinski definition) is 1. The van der Waals surface area contributed by atoms with Crippen molar-refractivity contribution in [3.05, 3.63) is 12.2 Å². The van der Waals surface area contributed by atoms with Gasteiger partial charge in [-0.05, 0) is 19.3 Å². The predicted molar refractivity (Wildman–Crippen MR) is 48.3 cm³/mol. The summed E-state index contributed by atoms with van der Waals surface area (Å²) in [6.45, 7) is 3.02. The van der Waals surface area contributed by atoms with Gasteiger partial charge in [0.25, 0.3) is 0 Å². The minimum atomic E-state index is -0.195. The van der Waals surface area contributed by atoms with Crippen LogP contribution in [0.2, 0.25) is 0 Å². The van der Waals surface area contributed by atoms with Gasteiger partial charge in [0, 0.05) is 12.5 Å². The van der Waals surface area contributed by atoms with E-state index in [0.717, 1.165) is 31.6 Å². The van der Waals surface area contributed by atoms with Crippen LogP contribution in [0, 0.1) is 0 Å². The number of aryl methyl sites for hydroxylation is 1. The van der Waals surface area contributed by atoms with E-state index in [2.05, 4.69) is 17.0 Å². The van der Waals surface area contributed by atoms with E-state index in [-0.39, 0.29) is 12.0 Å². The maximum absolute atomic E-state index is 9.49. The fraction of sp³-hybridized carbons (Fsp3) is 0.778. The van der Waals surface area contributed by atoms with Gasteiger partial charge in [0.1, 0.15) is 12.2 Å². The molecule has 0 radical (unpaired) electrons. The first kappa shape index (κ1) is 8.69. The topological polar surface area (TPSA) is 50.9 Å². The molecule has 0 spiro atoms. The van der Waals surface area contributed by atoms with Crippen LogP contribution in [0.25, 0.3) is 0 Å². The lowest BCUT2D eigenvalue weighted by Gasteiger charge is -2.31. The van der Waals surface area contributed by atoms with E-state index in [1.54, 1.807) is 6.33 Å². The zero-order valence-corrected chi connectivity index (χ0v) is 7.85. The van der Waals surface area contributed by atoms with Gasteiger partial charge in [-0.15, -0.1) is 0 Å². The molecule has 1 heterocycles. The molecule has 1 fully saturated rings. The summed E-state index contributed by atoms with van der Waals surface area (Å²) in [6, 6.07) is 0. The van der Waals surface area contributed by atoms with E-state index in [0.29, 0.717) is 0 Å². The van der Waals surface area contributed by atoms with E-state index in [1.165, 1.54) is 0 Å². The van der Waals surface area contributed by atoms with Gasteiger partial charge in [-0.2, -0.15) is 5.10 Å². The number of aliphatic hydroxyl groups is 1. The van der Waals surface area contributed by atoms with Crippen LogP contribution in [0.15, 0.2) is 6.33 Å². The highest BCUT2D eigenvalue weighted by Crippen LogP contribution is 2.35. The summed E-state index contributed by atoms with van der Waals surface area (Å²) in [6.07, 6.45) is 4.39. The molecule has 0 amide bonds. The van der Waals surface area contributed by atoms with Crippen LogP contribution in [0.3, 0.4) is 0 Å². The maximum Gasteiger partial charge on any atom is 0.138 e. The second-order valence-electron chi connectivity index (χ2n) is 3.59. The van der Waals surface area contributed by atoms with E-state index in [4.69, 9.17) is 0 Å². The number of aromatic nitrogens is 3. The monoisotopic (exact) mass is 181 g/mol. The third-order valence-electron chi connectivity index (χ3n) is 2.65. The van der Waals surface area contributed by atoms with Crippen LogP contribution in [-0.4, -0.2) is 26.0 Å². The van der Waals surface area contributed by atoms with Gasteiger partial charge in [-0.25, -0.2) is 9.67 Å². The van der Waals surface area contributed by atoms with Crippen molar-refractivity contribution in [1.82, 2.24) is 14.8 Å². The fourth-order valence-corrected chi connectivity index (χ4v) is 1.73. The molecule has 72 valence electrons. The molecule has 1 aromatic rings. The van der Waals surface area contributed by atoms with Crippen LogP contribution in [0.1, 0.15) is 37.9 Å². The molecule has 2 atom stereocenters. The third-order valence-corrected chi connectivity index (χ3v) is 2.65. The lowest BCUT2D eigenvalue weighted by Crippen LogP contribution is -2.31. The maximum atomic E-state index is 9.49. The van der Waals surface area contributed by atoms with E-state index >= 15 is 0 Å². The first-order valence-corrected chi connectivity index (χ1v) is 4.88. The smallest absolute Gasteiger partial charge is 0.138 e. The minimum Gasteiger partial charge on any atom is -0.392 e. The number of rotatable bonds is 3. The molecule has 1 N–H and O–H groups in total. The van der Waals surface area contributed by atoms with Crippen molar-refractivity contribution in [3.63, 3.8) is 0 Å². The highest BCUT2D eigenvalue weighted by Gasteiger charge is 2.33. The molecule has 0 saturated heterocycles. The fourth-order valence-electron chi connectivity index (χ4n) is 1.73. The average molecular weight is 181 g/mol. The zero-order chi connectivity index (χ0) is 9.26. The molecule has 1 saturated carbocycles. The summed E-state index contributed by atoms with van der Waals surface area (Å²) in [5.41, 5.74) is 0. The molecule has 0 aromatic carbocycles. The van der Waals surface area contributed by atoms with Gasteiger partial charge in [-0.1, -0.05) is 6.92 Å². The van der Waals surface area contributed by atoms with Crippen LogP contribution < -0.4 is 0 Å². The SMILES string of the molecule is CCCn1ncnc1C1CCC1O. The molecule has 13 heavy (non-hydrogen) atoms. The van der Waals surface area contributed by atoms with Gasteiger partial charge >= 0.3 is 0 Å². The minimum absolute atomic E-state index is 0.195. The molecule has 4 nitrogen and oxygen atoms in total. The van der Waals surface area contributed by atoms with Crippen molar-refractivity contribution >= 4 is 0 Å². The van der Waals surface area contributed by atoms with Crippen molar-refractivity contribution in [2.24, 2.45) is 0 Å². The van der Waals surface area contributed by atoms with Crippen molar-refractivity contribution in [2.75, 3.05) is 0 Å². The van der Waals surface area contributed by atoms with E-state index < -0.39 is 0 Å². The van der Waals surface area contributed by atoms with E-state index in [9.17, 15) is 5.11 Å². The number of nitrogens with zero attached hydrogens (tertiary/aromatic N) is 3. The molecule has 1 aromatic heterocycles. The summed E-state index contributed by atoms with van der Waals surface area (Å²) in [5.74, 6) is 1.19. The van der Waals surface area contributed by atoms with Gasteiger partial charge < -0.3 is 5.11 Å². The summed E-state index contributed by atoms with van der Waals surface area (Å²) in [5, 5.41) is 13.6. The molecule has 2 rings (SSSR count). The standard InChI is InChI=1S/C9H15N3O/c1-2-5-12-9(10-6-11-12)7-3-4-8(7)13/h6-8,13H,2-5H2,1H3. The lowest BCUT2D eigenvalue weighted by molar-refractivity contribution is 0.0599. The predicted octanol–water partition coefficient (Wildman–Crippen LogP) is 0.926. The summed E-state index contributed by atoms with van der Waals surface area (Å²) < 4.78 is 1.91. The Morgan fingerprint density at radius 3 is 3.00 bits per heavy atom. The largest absolute Gasteiger partial charge is 0.392 e. The van der Waals surface area contributed by atoms with Gasteiger partial charge in [0.05, 0.1) is 6.10 Å². The van der Waals surface area contributed by atoms with Crippen molar-refractivity contribution in [2.45, 2.75) is 44.8 Å². The van der Waals surface area contributed by atoms with Crippen LogP contribution in [0.5, 0.6) is 0 Å². The molecule has 1 aliphatic carbocycles. The van der Waals surface area contributed by atoms with Gasteiger partial charge in [0.2, 0.25) is 0 Å². The average Bonchev–Trinajstić information content (AvgIpc) is 2.52. The Hall–Kier alpha value is -0.900. The zero-order valence-electron chi connectivity index (χ0n) is 7.85. The Kier molecular flexibility index (Phi) is 2.31. The Morgan fingerprint density at radius 2 is 2.46 bits per heavy atom. The highest BCUT2D eigenvalue weighted by molar-refractivity contribution is 5.05. The second-order valence-corrected chi connectivity index (χ2v) is 3.59. The highest BCUT2D eigenvalue weighted by atomic mass is 16.3. The van der Waals surface area contributed by atoms with Crippen molar-refractivity contribution in [1.29, 1.82) is 0 Å². The molecular formula is C9H15N3O. The summed E-state index contributed by atoms with van der Waals surface area (Å²) in [7, 11) is 0. The molecule has 2 unspecified atom stereocenters. The summed E-state index contributed by atoms with van der Waals surface area (Å²) >= 11 is 0. The van der Waals surface area contributed by atoms with Gasteiger partial charge in [0.15, 0.2) is 0 Å². The normalized spacial score (nSPS) is 27.2. The van der Waals surface area contributed by atoms with Crippen LogP contribution in [-0.2, 0) is 6.54 Å². The van der Waals surface area contributed by atoms with Gasteiger partial charge in [-0.3, -0.25) is 0 Å². The Bertz CT molecular complexity index is 284. The lowest BCUT2D eigenvalue weighted by atomic mass is 9.81. The van der Waals surface area contributed by atoms with Crippen molar-refractivity contribution < 1.29 is 5.11 Å². The number of hydrogen-bond acceptors (Lipinski definition) is 3. The Morgan fingerprint density at radius 1 is 1.62 bits per heavy atom. The Balaban J connectivity index is 2.14. The molecular weight excluding hydrogens is 166 g/mol. The summed E-state index contributed by atoms with van der Waals surface area (Å²) in [4.78, 5) is 4.20. The van der Waals surface area contributed by atoms with E-state index in [1.807, 2.05) is 4.68 Å². The number of aliphatic hydroxyl groups excluding tert-OH is 1. The molecule has 4 heteroatoms. The second kappa shape index (κ2) is 3.46. The quantitative estimate of drug-likeness (QED) is 0.754. The van der Waals surface area contributed by atoms with Crippen molar-refractivity contribution in [3.8, 4) is 0 Å². The molecule has 0 aliphatic heterocycles. The first-order chi connectivity index (χ1) is 6.33. The van der Waals surface area contributed by atoms with Crippen LogP contribution >= 0.6 is 0 Å². The van der Waals surface area contributed by atoms with Crippen LogP contribution in [0.4, 0.5) is 0 Å².